The summed E-state index contributed by atoms with van der Waals surface area (Å²) < 4.78 is 32.1. The summed E-state index contributed by atoms with van der Waals surface area (Å²) in [6.45, 7) is 1.96. The zero-order chi connectivity index (χ0) is 32.4. The van der Waals surface area contributed by atoms with Crippen molar-refractivity contribution in [3.05, 3.63) is 169 Å². The summed E-state index contributed by atoms with van der Waals surface area (Å²) in [5.41, 5.74) is 10.1. The lowest BCUT2D eigenvalue weighted by Crippen LogP contribution is -2.12. The van der Waals surface area contributed by atoms with Gasteiger partial charge in [-0.2, -0.15) is 0 Å². The molecule has 4 nitrogen and oxygen atoms in total. The van der Waals surface area contributed by atoms with Crippen molar-refractivity contribution in [2.24, 2.45) is 0 Å². The molecule has 5 heteroatoms. The first-order chi connectivity index (χ1) is 23.5. The number of fused-ring (bicyclic) bond motifs is 6. The Kier molecular flexibility index (Phi) is 6.39. The molecule has 0 aliphatic heterocycles. The van der Waals surface area contributed by atoms with Crippen molar-refractivity contribution in [3.8, 4) is 27.9 Å². The van der Waals surface area contributed by atoms with E-state index in [1.54, 1.807) is 12.1 Å². The van der Waals surface area contributed by atoms with Gasteiger partial charge in [0, 0.05) is 27.2 Å². The molecule has 0 unspecified atom stereocenters. The van der Waals surface area contributed by atoms with Crippen LogP contribution in [0.4, 0.5) is 0 Å². The molecule has 0 aliphatic carbocycles. The summed E-state index contributed by atoms with van der Waals surface area (Å²) in [7, 11) is -3.85. The van der Waals surface area contributed by atoms with Gasteiger partial charge in [-0.25, -0.2) is 12.4 Å². The normalized spacial score (nSPS) is 12.0. The number of benzene rings is 7. The molecule has 0 amide bonds. The Balaban J connectivity index is 1.31. The third-order valence-corrected chi connectivity index (χ3v) is 11.2. The third kappa shape index (κ3) is 4.39. The summed E-state index contributed by atoms with van der Waals surface area (Å²) in [4.78, 5) is 0.269. The van der Waals surface area contributed by atoms with Gasteiger partial charge >= 0.3 is 0 Å². The Morgan fingerprint density at radius 1 is 0.417 bits per heavy atom. The number of rotatable bonds is 5. The lowest BCUT2D eigenvalue weighted by molar-refractivity contribution is 0.590. The second-order valence-electron chi connectivity index (χ2n) is 12.3. The molecule has 9 rings (SSSR count). The Labute approximate surface area is 278 Å². The first-order valence-corrected chi connectivity index (χ1v) is 17.5. The van der Waals surface area contributed by atoms with Crippen LogP contribution in [0.15, 0.2) is 169 Å². The van der Waals surface area contributed by atoms with Gasteiger partial charge in [-0.1, -0.05) is 109 Å². The van der Waals surface area contributed by atoms with Crippen LogP contribution in [0.25, 0.3) is 71.6 Å². The van der Waals surface area contributed by atoms with Crippen molar-refractivity contribution < 1.29 is 8.42 Å². The van der Waals surface area contributed by atoms with Gasteiger partial charge in [0.05, 0.1) is 27.0 Å². The van der Waals surface area contributed by atoms with Gasteiger partial charge in [-0.05, 0) is 89.8 Å². The fraction of sp³-hybridized carbons (Fsp3) is 0.0233. The van der Waals surface area contributed by atoms with E-state index < -0.39 is 10.0 Å². The van der Waals surface area contributed by atoms with Gasteiger partial charge in [-0.3, -0.25) is 0 Å². The van der Waals surface area contributed by atoms with Gasteiger partial charge in [0.25, 0.3) is 10.0 Å². The minimum Gasteiger partial charge on any atom is -0.309 e. The van der Waals surface area contributed by atoms with Gasteiger partial charge in [-0.15, -0.1) is 0 Å². The minimum atomic E-state index is -3.85. The molecule has 0 atom stereocenters. The zero-order valence-corrected chi connectivity index (χ0v) is 27.0. The first-order valence-electron chi connectivity index (χ1n) is 16.0. The molecular weight excluding hydrogens is 609 g/mol. The fourth-order valence-electron chi connectivity index (χ4n) is 7.06. The zero-order valence-electron chi connectivity index (χ0n) is 26.2. The Morgan fingerprint density at radius 3 is 1.52 bits per heavy atom. The number of hydrogen-bond acceptors (Lipinski definition) is 2. The second kappa shape index (κ2) is 10.8. The minimum absolute atomic E-state index is 0.269. The molecular formula is C43H30N2O2S. The lowest BCUT2D eigenvalue weighted by Gasteiger charge is -2.11. The van der Waals surface area contributed by atoms with Gasteiger partial charge in [0.2, 0.25) is 0 Å². The van der Waals surface area contributed by atoms with Crippen LogP contribution in [0, 0.1) is 6.92 Å². The number of aryl methyl sites for hydroxylation is 1. The number of nitrogens with zero attached hydrogens (tertiary/aromatic N) is 2. The predicted octanol–water partition coefficient (Wildman–Crippen LogP) is 10.8. The predicted molar refractivity (Wildman–Crippen MR) is 198 cm³/mol. The van der Waals surface area contributed by atoms with Crippen LogP contribution in [0.1, 0.15) is 5.56 Å². The highest BCUT2D eigenvalue weighted by molar-refractivity contribution is 7.90. The molecule has 0 fully saturated rings. The van der Waals surface area contributed by atoms with E-state index in [4.69, 9.17) is 0 Å². The molecule has 2 aromatic heterocycles. The number of hydrogen-bond donors (Lipinski definition) is 0. The van der Waals surface area contributed by atoms with E-state index in [0.717, 1.165) is 55.0 Å². The van der Waals surface area contributed by atoms with Gasteiger partial charge in [0.15, 0.2) is 0 Å². The molecule has 2 heterocycles. The van der Waals surface area contributed by atoms with E-state index in [0.29, 0.717) is 11.0 Å². The van der Waals surface area contributed by atoms with Crippen molar-refractivity contribution in [2.45, 2.75) is 11.8 Å². The first kappa shape index (κ1) is 28.3. The number of aromatic nitrogens is 2. The van der Waals surface area contributed by atoms with Crippen molar-refractivity contribution in [3.63, 3.8) is 0 Å². The Morgan fingerprint density at radius 2 is 0.917 bits per heavy atom. The standard InChI is InChI=1S/C43H30N2O2S/c1-29-16-21-35(22-17-29)48(46,47)45-42-15-9-8-14-36(42)39-28-34(20-25-43(39)45)44-40-23-18-32(30-10-4-2-5-11-30)26-37(40)38-27-33(19-24-41(38)44)31-12-6-3-7-13-31/h2-28H,1H3. The maximum atomic E-state index is 14.2. The van der Waals surface area contributed by atoms with Crippen LogP contribution < -0.4 is 0 Å². The van der Waals surface area contributed by atoms with Gasteiger partial charge in [0.1, 0.15) is 0 Å². The molecule has 0 bridgehead atoms. The van der Waals surface area contributed by atoms with E-state index in [2.05, 4.69) is 95.6 Å². The molecule has 0 radical (unpaired) electrons. The molecule has 0 N–H and O–H groups in total. The lowest BCUT2D eigenvalue weighted by atomic mass is 10.0. The molecule has 230 valence electrons. The molecule has 0 spiro atoms. The highest BCUT2D eigenvalue weighted by Gasteiger charge is 2.24. The Bertz CT molecular complexity index is 2680. The van der Waals surface area contributed by atoms with Crippen LogP contribution in [-0.4, -0.2) is 17.0 Å². The monoisotopic (exact) mass is 638 g/mol. The number of para-hydroxylation sites is 1. The van der Waals surface area contributed by atoms with Crippen molar-refractivity contribution in [1.82, 2.24) is 8.54 Å². The third-order valence-electron chi connectivity index (χ3n) is 9.41. The average molecular weight is 639 g/mol. The summed E-state index contributed by atoms with van der Waals surface area (Å²) in [5.74, 6) is 0. The second-order valence-corrected chi connectivity index (χ2v) is 14.1. The van der Waals surface area contributed by atoms with Crippen molar-refractivity contribution in [1.29, 1.82) is 0 Å². The highest BCUT2D eigenvalue weighted by atomic mass is 32.2. The smallest absolute Gasteiger partial charge is 0.268 e. The van der Waals surface area contributed by atoms with Gasteiger partial charge < -0.3 is 4.57 Å². The molecule has 7 aromatic carbocycles. The average Bonchev–Trinajstić information content (AvgIpc) is 3.64. The SMILES string of the molecule is Cc1ccc(S(=O)(=O)n2c3ccccc3c3cc(-n4c5ccc(-c6ccccc6)cc5c5cc(-c6ccccc6)ccc54)ccc32)cc1. The maximum absolute atomic E-state index is 14.2. The Hall–Kier alpha value is -5.91. The molecule has 0 saturated heterocycles. The summed E-state index contributed by atoms with van der Waals surface area (Å²) in [6, 6.07) is 55.2. The summed E-state index contributed by atoms with van der Waals surface area (Å²) >= 11 is 0. The topological polar surface area (TPSA) is 44.0 Å². The van der Waals surface area contributed by atoms with Crippen LogP contribution in [0.2, 0.25) is 0 Å². The van der Waals surface area contributed by atoms with Crippen LogP contribution in [0.3, 0.4) is 0 Å². The quantitative estimate of drug-likeness (QED) is 0.188. The highest BCUT2D eigenvalue weighted by Crippen LogP contribution is 2.39. The van der Waals surface area contributed by atoms with E-state index in [-0.39, 0.29) is 4.90 Å². The van der Waals surface area contributed by atoms with Crippen LogP contribution in [-0.2, 0) is 10.0 Å². The summed E-state index contributed by atoms with van der Waals surface area (Å²) in [5, 5.41) is 4.10. The summed E-state index contributed by atoms with van der Waals surface area (Å²) in [6.07, 6.45) is 0. The van der Waals surface area contributed by atoms with Crippen molar-refractivity contribution >= 4 is 53.6 Å². The van der Waals surface area contributed by atoms with E-state index in [1.807, 2.05) is 67.6 Å². The maximum Gasteiger partial charge on any atom is 0.268 e. The van der Waals surface area contributed by atoms with Crippen LogP contribution >= 0.6 is 0 Å². The molecule has 0 aliphatic rings. The van der Waals surface area contributed by atoms with Crippen molar-refractivity contribution in [2.75, 3.05) is 0 Å². The fourth-order valence-corrected chi connectivity index (χ4v) is 8.59. The van der Waals surface area contributed by atoms with Crippen LogP contribution in [0.5, 0.6) is 0 Å². The molecule has 48 heavy (non-hydrogen) atoms. The largest absolute Gasteiger partial charge is 0.309 e. The molecule has 0 saturated carbocycles. The van der Waals surface area contributed by atoms with E-state index in [1.165, 1.54) is 15.1 Å². The molecule has 9 aromatic rings. The van der Waals surface area contributed by atoms with E-state index >= 15 is 0 Å². The van der Waals surface area contributed by atoms with E-state index in [9.17, 15) is 8.42 Å².